The predicted molar refractivity (Wildman–Crippen MR) is 106 cm³/mol. The topological polar surface area (TPSA) is 23.6 Å². The first-order valence-corrected chi connectivity index (χ1v) is 8.29. The van der Waals surface area contributed by atoms with Gasteiger partial charge in [-0.05, 0) is 29.8 Å². The Balaban J connectivity index is 0.00000144. The third-order valence-electron chi connectivity index (χ3n) is 4.51. The second-order valence-electron chi connectivity index (χ2n) is 6.01. The van der Waals surface area contributed by atoms with Crippen molar-refractivity contribution in [3.05, 3.63) is 48.0 Å². The van der Waals surface area contributed by atoms with E-state index in [4.69, 9.17) is 0 Å². The van der Waals surface area contributed by atoms with Crippen molar-refractivity contribution < 1.29 is 4.79 Å². The third kappa shape index (κ3) is 4.62. The zero-order chi connectivity index (χ0) is 15.4. The number of piperazine rings is 1. The molecule has 0 aromatic heterocycles. The number of carbonyl (C=O) groups excluding carboxylic acids is 1. The second-order valence-corrected chi connectivity index (χ2v) is 6.01. The fourth-order valence-corrected chi connectivity index (χ4v) is 3.14. The lowest BCUT2D eigenvalue weighted by Crippen LogP contribution is -2.48. The summed E-state index contributed by atoms with van der Waals surface area (Å²) in [5.74, 6) is 0.173. The highest BCUT2D eigenvalue weighted by Gasteiger charge is 2.22. The Morgan fingerprint density at radius 1 is 0.958 bits per heavy atom. The van der Waals surface area contributed by atoms with E-state index in [2.05, 4.69) is 24.0 Å². The van der Waals surface area contributed by atoms with Crippen LogP contribution in [-0.2, 0) is 0 Å². The molecule has 1 aliphatic rings. The Morgan fingerprint density at radius 3 is 2.33 bits per heavy atom. The number of unbranched alkanes of at least 4 members (excludes halogenated alkanes) is 1. The maximum absolute atomic E-state index is 12.8. The van der Waals surface area contributed by atoms with Gasteiger partial charge >= 0.3 is 0 Å². The Morgan fingerprint density at radius 2 is 1.62 bits per heavy atom. The van der Waals surface area contributed by atoms with E-state index in [1.54, 1.807) is 0 Å². The van der Waals surface area contributed by atoms with Crippen LogP contribution < -0.4 is 0 Å². The van der Waals surface area contributed by atoms with Crippen LogP contribution in [0.2, 0.25) is 0 Å². The van der Waals surface area contributed by atoms with E-state index in [1.165, 1.54) is 12.8 Å². The molecule has 132 valence electrons. The highest BCUT2D eigenvalue weighted by atomic mass is 35.5. The first kappa shape index (κ1) is 20.8. The van der Waals surface area contributed by atoms with Gasteiger partial charge in [0.15, 0.2) is 0 Å². The first-order chi connectivity index (χ1) is 10.8. The summed E-state index contributed by atoms with van der Waals surface area (Å²) in [5, 5.41) is 2.19. The molecule has 5 heteroatoms. The molecule has 2 aromatic carbocycles. The van der Waals surface area contributed by atoms with Gasteiger partial charge < -0.3 is 4.90 Å². The molecule has 1 fully saturated rings. The Kier molecular flexibility index (Phi) is 8.54. The molecular formula is C19H26Cl2N2O. The summed E-state index contributed by atoms with van der Waals surface area (Å²) in [6.07, 6.45) is 2.48. The maximum atomic E-state index is 12.8. The fraction of sp³-hybridized carbons (Fsp3) is 0.421. The van der Waals surface area contributed by atoms with Crippen molar-refractivity contribution in [3.63, 3.8) is 0 Å². The Hall–Kier alpha value is -1.29. The molecular weight excluding hydrogens is 343 g/mol. The molecule has 0 bridgehead atoms. The van der Waals surface area contributed by atoms with Crippen LogP contribution in [0.5, 0.6) is 0 Å². The number of hydrogen-bond acceptors (Lipinski definition) is 2. The molecule has 1 amide bonds. The standard InChI is InChI=1S/C19H24N2O.2ClH/c1-2-3-11-20-12-14-21(15-13-20)19(22)18-10-6-8-16-7-4-5-9-17(16)18;;/h4-10H,2-3,11-15H2,1H3;2*1H. The lowest BCUT2D eigenvalue weighted by molar-refractivity contribution is 0.0637. The quantitative estimate of drug-likeness (QED) is 0.805. The number of fused-ring (bicyclic) bond motifs is 1. The molecule has 0 radical (unpaired) electrons. The molecule has 0 aliphatic carbocycles. The van der Waals surface area contributed by atoms with Gasteiger partial charge in [-0.1, -0.05) is 49.7 Å². The number of halogens is 2. The molecule has 1 heterocycles. The van der Waals surface area contributed by atoms with Gasteiger partial charge in [0.25, 0.3) is 5.91 Å². The van der Waals surface area contributed by atoms with Crippen molar-refractivity contribution in [3.8, 4) is 0 Å². The summed E-state index contributed by atoms with van der Waals surface area (Å²) in [4.78, 5) is 17.3. The van der Waals surface area contributed by atoms with E-state index in [-0.39, 0.29) is 30.7 Å². The summed E-state index contributed by atoms with van der Waals surface area (Å²) in [7, 11) is 0. The van der Waals surface area contributed by atoms with Gasteiger partial charge in [-0.15, -0.1) is 24.8 Å². The van der Waals surface area contributed by atoms with E-state index < -0.39 is 0 Å². The lowest BCUT2D eigenvalue weighted by atomic mass is 10.0. The molecule has 0 unspecified atom stereocenters. The summed E-state index contributed by atoms with van der Waals surface area (Å²) < 4.78 is 0. The summed E-state index contributed by atoms with van der Waals surface area (Å²) in [6, 6.07) is 14.1. The SMILES string of the molecule is CCCCN1CCN(C(=O)c2cccc3ccccc23)CC1.Cl.Cl. The molecule has 3 nitrogen and oxygen atoms in total. The van der Waals surface area contributed by atoms with E-state index >= 15 is 0 Å². The highest BCUT2D eigenvalue weighted by Crippen LogP contribution is 2.20. The molecule has 3 rings (SSSR count). The number of benzene rings is 2. The average Bonchev–Trinajstić information content (AvgIpc) is 2.59. The van der Waals surface area contributed by atoms with Crippen LogP contribution in [-0.4, -0.2) is 48.4 Å². The van der Waals surface area contributed by atoms with Crippen LogP contribution in [0.3, 0.4) is 0 Å². The zero-order valence-electron chi connectivity index (χ0n) is 14.1. The van der Waals surface area contributed by atoms with Crippen molar-refractivity contribution in [1.29, 1.82) is 0 Å². The first-order valence-electron chi connectivity index (χ1n) is 8.29. The van der Waals surface area contributed by atoms with Crippen LogP contribution in [0.25, 0.3) is 10.8 Å². The van der Waals surface area contributed by atoms with Gasteiger partial charge in [-0.2, -0.15) is 0 Å². The number of rotatable bonds is 4. The highest BCUT2D eigenvalue weighted by molar-refractivity contribution is 6.07. The predicted octanol–water partition coefficient (Wildman–Crippen LogP) is 4.24. The minimum absolute atomic E-state index is 0. The molecule has 1 saturated heterocycles. The monoisotopic (exact) mass is 368 g/mol. The molecule has 1 aliphatic heterocycles. The number of amides is 1. The van der Waals surface area contributed by atoms with Crippen molar-refractivity contribution in [2.75, 3.05) is 32.7 Å². The smallest absolute Gasteiger partial charge is 0.254 e. The average molecular weight is 369 g/mol. The lowest BCUT2D eigenvalue weighted by Gasteiger charge is -2.35. The largest absolute Gasteiger partial charge is 0.336 e. The van der Waals surface area contributed by atoms with Crippen molar-refractivity contribution in [2.45, 2.75) is 19.8 Å². The number of carbonyl (C=O) groups is 1. The summed E-state index contributed by atoms with van der Waals surface area (Å²) in [6.45, 7) is 7.05. The molecule has 0 saturated carbocycles. The van der Waals surface area contributed by atoms with E-state index in [0.29, 0.717) is 0 Å². The summed E-state index contributed by atoms with van der Waals surface area (Å²) in [5.41, 5.74) is 0.833. The molecule has 0 N–H and O–H groups in total. The Labute approximate surface area is 156 Å². The number of hydrogen-bond donors (Lipinski definition) is 0. The van der Waals surface area contributed by atoms with Crippen LogP contribution in [0.4, 0.5) is 0 Å². The fourth-order valence-electron chi connectivity index (χ4n) is 3.14. The second kappa shape index (κ2) is 9.87. The third-order valence-corrected chi connectivity index (χ3v) is 4.51. The molecule has 2 aromatic rings. The van der Waals surface area contributed by atoms with Gasteiger partial charge in [0.2, 0.25) is 0 Å². The number of nitrogens with zero attached hydrogens (tertiary/aromatic N) is 2. The van der Waals surface area contributed by atoms with Gasteiger partial charge in [0.1, 0.15) is 0 Å². The van der Waals surface area contributed by atoms with Crippen molar-refractivity contribution in [2.24, 2.45) is 0 Å². The van der Waals surface area contributed by atoms with Crippen LogP contribution >= 0.6 is 24.8 Å². The molecule has 0 spiro atoms. The van der Waals surface area contributed by atoms with Gasteiger partial charge in [0, 0.05) is 31.7 Å². The van der Waals surface area contributed by atoms with Crippen molar-refractivity contribution in [1.82, 2.24) is 9.80 Å². The minimum atomic E-state index is 0. The molecule has 24 heavy (non-hydrogen) atoms. The normalized spacial score (nSPS) is 14.8. The Bertz CT molecular complexity index is 649. The molecule has 0 atom stereocenters. The van der Waals surface area contributed by atoms with Gasteiger partial charge in [-0.25, -0.2) is 0 Å². The minimum Gasteiger partial charge on any atom is -0.336 e. The van der Waals surface area contributed by atoms with E-state index in [1.807, 2.05) is 35.2 Å². The van der Waals surface area contributed by atoms with Crippen LogP contribution in [0.1, 0.15) is 30.1 Å². The van der Waals surface area contributed by atoms with Crippen molar-refractivity contribution >= 4 is 41.5 Å². The maximum Gasteiger partial charge on any atom is 0.254 e. The zero-order valence-corrected chi connectivity index (χ0v) is 15.7. The van der Waals surface area contributed by atoms with Gasteiger partial charge in [-0.3, -0.25) is 9.69 Å². The summed E-state index contributed by atoms with van der Waals surface area (Å²) >= 11 is 0. The van der Waals surface area contributed by atoms with E-state index in [0.717, 1.165) is 49.1 Å². The van der Waals surface area contributed by atoms with E-state index in [9.17, 15) is 4.79 Å². The van der Waals surface area contributed by atoms with Crippen LogP contribution in [0.15, 0.2) is 42.5 Å². The van der Waals surface area contributed by atoms with Gasteiger partial charge in [0.05, 0.1) is 0 Å². The van der Waals surface area contributed by atoms with Crippen LogP contribution in [0, 0.1) is 0 Å².